The van der Waals surface area contributed by atoms with Crippen molar-refractivity contribution in [1.29, 1.82) is 0 Å². The van der Waals surface area contributed by atoms with Gasteiger partial charge in [0.2, 0.25) is 0 Å². The fourth-order valence-electron chi connectivity index (χ4n) is 1.54. The predicted octanol–water partition coefficient (Wildman–Crippen LogP) is 2.15. The second-order valence-corrected chi connectivity index (χ2v) is 4.61. The molecule has 86 valence electrons. The van der Waals surface area contributed by atoms with Crippen molar-refractivity contribution in [2.24, 2.45) is 0 Å². The van der Waals surface area contributed by atoms with Crippen molar-refractivity contribution in [2.75, 3.05) is 6.54 Å². The molecule has 2 rings (SSSR count). The second-order valence-electron chi connectivity index (χ2n) is 3.69. The van der Waals surface area contributed by atoms with Crippen molar-refractivity contribution in [1.82, 2.24) is 20.3 Å². The number of nitrogens with zero attached hydrogens (tertiary/aromatic N) is 2. The lowest BCUT2D eigenvalue weighted by Crippen LogP contribution is -2.20. The van der Waals surface area contributed by atoms with Gasteiger partial charge in [0.25, 0.3) is 0 Å². The zero-order chi connectivity index (χ0) is 11.2. The molecule has 0 aromatic carbocycles. The summed E-state index contributed by atoms with van der Waals surface area (Å²) in [5.41, 5.74) is 0. The molecule has 2 aromatic rings. The van der Waals surface area contributed by atoms with Crippen LogP contribution in [-0.4, -0.2) is 21.5 Å². The summed E-state index contributed by atoms with van der Waals surface area (Å²) < 4.78 is 0. The standard InChI is InChI=1S/C11H16N4S/c1-9(11-15-7-8-16-11)12-4-2-3-10-13-5-6-14-10/h5-9,12H,2-4H2,1H3,(H,13,14). The molecule has 0 saturated carbocycles. The molecule has 16 heavy (non-hydrogen) atoms. The van der Waals surface area contributed by atoms with Crippen molar-refractivity contribution in [3.8, 4) is 0 Å². The molecule has 0 bridgehead atoms. The molecule has 0 spiro atoms. The Morgan fingerprint density at radius 1 is 1.44 bits per heavy atom. The number of H-pyrrole nitrogens is 1. The van der Waals surface area contributed by atoms with E-state index in [1.54, 1.807) is 17.5 Å². The van der Waals surface area contributed by atoms with Crippen LogP contribution in [0.5, 0.6) is 0 Å². The number of rotatable bonds is 6. The van der Waals surface area contributed by atoms with E-state index in [1.165, 1.54) is 0 Å². The lowest BCUT2D eigenvalue weighted by Gasteiger charge is -2.10. The highest BCUT2D eigenvalue weighted by Crippen LogP contribution is 2.14. The average Bonchev–Trinajstić information content (AvgIpc) is 2.96. The van der Waals surface area contributed by atoms with Crippen molar-refractivity contribution in [2.45, 2.75) is 25.8 Å². The normalized spacial score (nSPS) is 12.8. The van der Waals surface area contributed by atoms with Crippen molar-refractivity contribution in [3.63, 3.8) is 0 Å². The Labute approximate surface area is 99.2 Å². The van der Waals surface area contributed by atoms with E-state index in [0.717, 1.165) is 30.2 Å². The Hall–Kier alpha value is -1.20. The van der Waals surface area contributed by atoms with Crippen LogP contribution in [0.1, 0.15) is 30.2 Å². The van der Waals surface area contributed by atoms with Gasteiger partial charge in [0.05, 0.1) is 6.04 Å². The smallest absolute Gasteiger partial charge is 0.109 e. The van der Waals surface area contributed by atoms with Gasteiger partial charge in [-0.3, -0.25) is 0 Å². The van der Waals surface area contributed by atoms with Gasteiger partial charge in [-0.2, -0.15) is 0 Å². The maximum atomic E-state index is 4.28. The van der Waals surface area contributed by atoms with Crippen LogP contribution in [0, 0.1) is 0 Å². The third-order valence-corrected chi connectivity index (χ3v) is 3.38. The van der Waals surface area contributed by atoms with Gasteiger partial charge in [0.15, 0.2) is 0 Å². The Morgan fingerprint density at radius 3 is 3.06 bits per heavy atom. The first-order chi connectivity index (χ1) is 7.86. The van der Waals surface area contributed by atoms with Gasteiger partial charge in [-0.25, -0.2) is 9.97 Å². The summed E-state index contributed by atoms with van der Waals surface area (Å²) in [5.74, 6) is 1.06. The lowest BCUT2D eigenvalue weighted by molar-refractivity contribution is 0.553. The van der Waals surface area contributed by atoms with Crippen molar-refractivity contribution < 1.29 is 0 Å². The molecule has 2 aromatic heterocycles. The summed E-state index contributed by atoms with van der Waals surface area (Å²) in [4.78, 5) is 11.6. The van der Waals surface area contributed by atoms with E-state index in [2.05, 4.69) is 27.2 Å². The third kappa shape index (κ3) is 3.15. The number of aromatic nitrogens is 3. The number of aryl methyl sites for hydroxylation is 1. The minimum atomic E-state index is 0.344. The van der Waals surface area contributed by atoms with E-state index < -0.39 is 0 Å². The van der Waals surface area contributed by atoms with Crippen LogP contribution < -0.4 is 5.32 Å². The van der Waals surface area contributed by atoms with Gasteiger partial charge in [-0.05, 0) is 19.9 Å². The minimum absolute atomic E-state index is 0.344. The highest BCUT2D eigenvalue weighted by atomic mass is 32.1. The van der Waals surface area contributed by atoms with Crippen LogP contribution in [0.3, 0.4) is 0 Å². The molecule has 2 heterocycles. The van der Waals surface area contributed by atoms with Crippen LogP contribution in [0.2, 0.25) is 0 Å². The van der Waals surface area contributed by atoms with Gasteiger partial charge in [0, 0.05) is 30.4 Å². The first kappa shape index (κ1) is 11.3. The molecular weight excluding hydrogens is 220 g/mol. The number of imidazole rings is 1. The minimum Gasteiger partial charge on any atom is -0.349 e. The van der Waals surface area contributed by atoms with E-state index in [9.17, 15) is 0 Å². The SMILES string of the molecule is CC(NCCCc1ncc[nH]1)c1nccs1. The summed E-state index contributed by atoms with van der Waals surface area (Å²) in [7, 11) is 0. The van der Waals surface area contributed by atoms with E-state index in [1.807, 2.05) is 17.8 Å². The molecule has 0 aliphatic heterocycles. The van der Waals surface area contributed by atoms with E-state index >= 15 is 0 Å². The molecule has 0 aliphatic rings. The van der Waals surface area contributed by atoms with Crippen LogP contribution in [0.15, 0.2) is 24.0 Å². The molecule has 0 fully saturated rings. The number of thiazole rings is 1. The molecule has 0 radical (unpaired) electrons. The summed E-state index contributed by atoms with van der Waals surface area (Å²) in [5, 5.41) is 6.61. The molecule has 0 amide bonds. The Bertz CT molecular complexity index is 382. The quantitative estimate of drug-likeness (QED) is 0.756. The van der Waals surface area contributed by atoms with Gasteiger partial charge in [-0.15, -0.1) is 11.3 Å². The van der Waals surface area contributed by atoms with Gasteiger partial charge >= 0.3 is 0 Å². The number of aromatic amines is 1. The van der Waals surface area contributed by atoms with E-state index in [4.69, 9.17) is 0 Å². The van der Waals surface area contributed by atoms with Gasteiger partial charge in [-0.1, -0.05) is 0 Å². The Kier molecular flexibility index (Phi) is 4.07. The summed E-state index contributed by atoms with van der Waals surface area (Å²) in [6.45, 7) is 3.13. The highest BCUT2D eigenvalue weighted by Gasteiger charge is 2.06. The molecule has 4 nitrogen and oxygen atoms in total. The molecule has 5 heteroatoms. The average molecular weight is 236 g/mol. The molecule has 2 N–H and O–H groups in total. The first-order valence-corrected chi connectivity index (χ1v) is 6.35. The third-order valence-electron chi connectivity index (χ3n) is 2.42. The largest absolute Gasteiger partial charge is 0.349 e. The second kappa shape index (κ2) is 5.77. The predicted molar refractivity (Wildman–Crippen MR) is 65.4 cm³/mol. The van der Waals surface area contributed by atoms with Crippen LogP contribution in [0.4, 0.5) is 0 Å². The van der Waals surface area contributed by atoms with E-state index in [0.29, 0.717) is 6.04 Å². The van der Waals surface area contributed by atoms with Gasteiger partial charge < -0.3 is 10.3 Å². The Morgan fingerprint density at radius 2 is 2.38 bits per heavy atom. The van der Waals surface area contributed by atoms with E-state index in [-0.39, 0.29) is 0 Å². The lowest BCUT2D eigenvalue weighted by atomic mass is 10.2. The highest BCUT2D eigenvalue weighted by molar-refractivity contribution is 7.09. The summed E-state index contributed by atoms with van der Waals surface area (Å²) in [6.07, 6.45) is 7.58. The molecule has 0 aliphatic carbocycles. The summed E-state index contributed by atoms with van der Waals surface area (Å²) >= 11 is 1.69. The van der Waals surface area contributed by atoms with Crippen LogP contribution >= 0.6 is 11.3 Å². The number of nitrogens with one attached hydrogen (secondary N) is 2. The van der Waals surface area contributed by atoms with Crippen LogP contribution in [0.25, 0.3) is 0 Å². The fourth-order valence-corrected chi connectivity index (χ4v) is 2.22. The molecule has 1 unspecified atom stereocenters. The molecule has 0 saturated heterocycles. The summed E-state index contributed by atoms with van der Waals surface area (Å²) in [6, 6.07) is 0.344. The fraction of sp³-hybridized carbons (Fsp3) is 0.455. The maximum absolute atomic E-state index is 4.28. The molecular formula is C11H16N4S. The zero-order valence-electron chi connectivity index (χ0n) is 9.31. The first-order valence-electron chi connectivity index (χ1n) is 5.47. The monoisotopic (exact) mass is 236 g/mol. The van der Waals surface area contributed by atoms with Gasteiger partial charge in [0.1, 0.15) is 10.8 Å². The number of hydrogen-bond acceptors (Lipinski definition) is 4. The maximum Gasteiger partial charge on any atom is 0.109 e. The number of hydrogen-bond donors (Lipinski definition) is 2. The van der Waals surface area contributed by atoms with Crippen molar-refractivity contribution in [3.05, 3.63) is 34.8 Å². The van der Waals surface area contributed by atoms with Crippen molar-refractivity contribution >= 4 is 11.3 Å². The van der Waals surface area contributed by atoms with Crippen LogP contribution in [-0.2, 0) is 6.42 Å². The molecule has 1 atom stereocenters. The Balaban J connectivity index is 1.65. The zero-order valence-corrected chi connectivity index (χ0v) is 10.1. The topological polar surface area (TPSA) is 53.6 Å².